The van der Waals surface area contributed by atoms with E-state index in [4.69, 9.17) is 9.47 Å². The van der Waals surface area contributed by atoms with Gasteiger partial charge in [0.15, 0.2) is 11.5 Å². The number of rotatable bonds is 6. The molecule has 1 aromatic carbocycles. The van der Waals surface area contributed by atoms with E-state index in [0.29, 0.717) is 23.6 Å². The number of carbonyl (C=O) groups excluding carboxylic acids is 1. The fourth-order valence-electron chi connectivity index (χ4n) is 1.83. The summed E-state index contributed by atoms with van der Waals surface area (Å²) in [6, 6.07) is 7.35. The third-order valence-electron chi connectivity index (χ3n) is 2.89. The lowest BCUT2D eigenvalue weighted by molar-refractivity contribution is -0.116. The Morgan fingerprint density at radius 2 is 2.00 bits per heavy atom. The minimum Gasteiger partial charge on any atom is -0.493 e. The summed E-state index contributed by atoms with van der Waals surface area (Å²) in [7, 11) is 3.15. The predicted octanol–water partition coefficient (Wildman–Crippen LogP) is 3.34. The number of carbonyl (C=O) groups is 1. The number of hydrogen-bond acceptors (Lipinski definition) is 4. The van der Waals surface area contributed by atoms with Crippen molar-refractivity contribution in [1.29, 1.82) is 0 Å². The van der Waals surface area contributed by atoms with Crippen LogP contribution in [0.3, 0.4) is 0 Å². The third kappa shape index (κ3) is 3.74. The van der Waals surface area contributed by atoms with Gasteiger partial charge < -0.3 is 14.8 Å². The van der Waals surface area contributed by atoms with Crippen LogP contribution in [0.2, 0.25) is 0 Å². The first-order chi connectivity index (χ1) is 9.72. The molecule has 0 saturated carbocycles. The summed E-state index contributed by atoms with van der Waals surface area (Å²) < 4.78 is 10.4. The molecule has 5 heteroatoms. The van der Waals surface area contributed by atoms with Crippen molar-refractivity contribution in [3.05, 3.63) is 40.6 Å². The number of ether oxygens (including phenoxy) is 2. The lowest BCUT2D eigenvalue weighted by atomic mass is 10.2. The van der Waals surface area contributed by atoms with Crippen molar-refractivity contribution in [3.8, 4) is 11.5 Å². The molecule has 0 radical (unpaired) electrons. The molecule has 1 amide bonds. The van der Waals surface area contributed by atoms with Gasteiger partial charge in [-0.2, -0.15) is 11.3 Å². The van der Waals surface area contributed by atoms with Crippen molar-refractivity contribution in [2.24, 2.45) is 0 Å². The van der Waals surface area contributed by atoms with Crippen molar-refractivity contribution < 1.29 is 14.3 Å². The van der Waals surface area contributed by atoms with Crippen LogP contribution in [-0.4, -0.2) is 20.1 Å². The van der Waals surface area contributed by atoms with Gasteiger partial charge in [-0.25, -0.2) is 0 Å². The fraction of sp³-hybridized carbons (Fsp3) is 0.267. The smallest absolute Gasteiger partial charge is 0.224 e. The minimum absolute atomic E-state index is 0.0107. The van der Waals surface area contributed by atoms with E-state index in [1.165, 1.54) is 5.56 Å². The molecule has 4 nitrogen and oxygen atoms in total. The number of methoxy groups -OCH3 is 2. The largest absolute Gasteiger partial charge is 0.493 e. The fourth-order valence-corrected chi connectivity index (χ4v) is 2.53. The summed E-state index contributed by atoms with van der Waals surface area (Å²) in [4.78, 5) is 11.9. The third-order valence-corrected chi connectivity index (χ3v) is 3.62. The van der Waals surface area contributed by atoms with Crippen LogP contribution in [0, 0.1) is 0 Å². The van der Waals surface area contributed by atoms with Crippen molar-refractivity contribution in [3.63, 3.8) is 0 Å². The summed E-state index contributed by atoms with van der Waals surface area (Å²) in [5, 5.41) is 6.93. The van der Waals surface area contributed by atoms with E-state index in [0.717, 1.165) is 6.42 Å². The highest BCUT2D eigenvalue weighted by atomic mass is 32.1. The van der Waals surface area contributed by atoms with Crippen LogP contribution in [-0.2, 0) is 11.2 Å². The van der Waals surface area contributed by atoms with Gasteiger partial charge in [0, 0.05) is 18.2 Å². The van der Waals surface area contributed by atoms with Crippen molar-refractivity contribution >= 4 is 22.9 Å². The molecule has 1 N–H and O–H groups in total. The Kier molecular flexibility index (Phi) is 5.01. The van der Waals surface area contributed by atoms with Crippen LogP contribution in [0.4, 0.5) is 5.69 Å². The second kappa shape index (κ2) is 6.96. The highest BCUT2D eigenvalue weighted by Gasteiger charge is 2.07. The van der Waals surface area contributed by atoms with E-state index in [2.05, 4.69) is 10.7 Å². The summed E-state index contributed by atoms with van der Waals surface area (Å²) in [6.45, 7) is 0. The van der Waals surface area contributed by atoms with Crippen LogP contribution < -0.4 is 14.8 Å². The van der Waals surface area contributed by atoms with Gasteiger partial charge in [-0.1, -0.05) is 0 Å². The van der Waals surface area contributed by atoms with Crippen LogP contribution in [0.1, 0.15) is 12.0 Å². The quantitative estimate of drug-likeness (QED) is 0.888. The monoisotopic (exact) mass is 291 g/mol. The molecule has 20 heavy (non-hydrogen) atoms. The Morgan fingerprint density at radius 3 is 2.65 bits per heavy atom. The first kappa shape index (κ1) is 14.4. The second-order valence-corrected chi connectivity index (χ2v) is 5.03. The number of amides is 1. The highest BCUT2D eigenvalue weighted by Crippen LogP contribution is 2.29. The Hall–Kier alpha value is -2.01. The van der Waals surface area contributed by atoms with Crippen molar-refractivity contribution in [2.75, 3.05) is 19.5 Å². The number of benzene rings is 1. The van der Waals surface area contributed by atoms with Crippen LogP contribution in [0.15, 0.2) is 35.0 Å². The molecule has 2 aromatic rings. The minimum atomic E-state index is -0.0107. The molecule has 0 aliphatic heterocycles. The maximum Gasteiger partial charge on any atom is 0.224 e. The van der Waals surface area contributed by atoms with Crippen LogP contribution in [0.25, 0.3) is 0 Å². The van der Waals surface area contributed by atoms with Gasteiger partial charge in [0.25, 0.3) is 0 Å². The first-order valence-corrected chi connectivity index (χ1v) is 7.20. The Labute approximate surface area is 122 Å². The SMILES string of the molecule is COc1ccc(NC(=O)CCc2ccsc2)cc1OC. The molecule has 0 fully saturated rings. The summed E-state index contributed by atoms with van der Waals surface area (Å²) in [5.74, 6) is 1.23. The second-order valence-electron chi connectivity index (χ2n) is 4.25. The maximum atomic E-state index is 11.9. The van der Waals surface area contributed by atoms with Crippen LogP contribution >= 0.6 is 11.3 Å². The number of anilines is 1. The molecule has 106 valence electrons. The lowest BCUT2D eigenvalue weighted by Gasteiger charge is -2.10. The average molecular weight is 291 g/mol. The summed E-state index contributed by atoms with van der Waals surface area (Å²) >= 11 is 1.64. The molecule has 0 atom stereocenters. The van der Waals surface area contributed by atoms with Gasteiger partial charge in [0.1, 0.15) is 0 Å². The Bertz CT molecular complexity index is 567. The molecule has 0 spiro atoms. The Morgan fingerprint density at radius 1 is 1.20 bits per heavy atom. The van der Waals surface area contributed by atoms with E-state index in [-0.39, 0.29) is 5.91 Å². The van der Waals surface area contributed by atoms with Crippen molar-refractivity contribution in [2.45, 2.75) is 12.8 Å². The number of thiophene rings is 1. The predicted molar refractivity (Wildman–Crippen MR) is 80.8 cm³/mol. The summed E-state index contributed by atoms with van der Waals surface area (Å²) in [5.41, 5.74) is 1.90. The van der Waals surface area contributed by atoms with Gasteiger partial charge in [0.2, 0.25) is 5.91 Å². The van der Waals surface area contributed by atoms with Gasteiger partial charge in [-0.15, -0.1) is 0 Å². The first-order valence-electron chi connectivity index (χ1n) is 6.26. The standard InChI is InChI=1S/C15H17NO3S/c1-18-13-5-4-12(9-14(13)19-2)16-15(17)6-3-11-7-8-20-10-11/h4-5,7-10H,3,6H2,1-2H3,(H,16,17). The Balaban J connectivity index is 1.93. The molecule has 0 aliphatic carbocycles. The van der Waals surface area contributed by atoms with E-state index in [9.17, 15) is 4.79 Å². The zero-order chi connectivity index (χ0) is 14.4. The topological polar surface area (TPSA) is 47.6 Å². The van der Waals surface area contributed by atoms with Gasteiger partial charge in [0.05, 0.1) is 14.2 Å². The van der Waals surface area contributed by atoms with E-state index >= 15 is 0 Å². The zero-order valence-corrected chi connectivity index (χ0v) is 12.3. The molecule has 0 bridgehead atoms. The zero-order valence-electron chi connectivity index (χ0n) is 11.5. The maximum absolute atomic E-state index is 11.9. The van der Waals surface area contributed by atoms with Crippen LogP contribution in [0.5, 0.6) is 11.5 Å². The molecule has 1 aromatic heterocycles. The lowest BCUT2D eigenvalue weighted by Crippen LogP contribution is -2.12. The van der Waals surface area contributed by atoms with Gasteiger partial charge in [-0.3, -0.25) is 4.79 Å². The van der Waals surface area contributed by atoms with Gasteiger partial charge in [-0.05, 0) is 40.9 Å². The summed E-state index contributed by atoms with van der Waals surface area (Å²) in [6.07, 6.45) is 1.22. The number of nitrogens with one attached hydrogen (secondary N) is 1. The molecule has 2 rings (SSSR count). The molecule has 0 unspecified atom stereocenters. The van der Waals surface area contributed by atoms with Crippen molar-refractivity contribution in [1.82, 2.24) is 0 Å². The van der Waals surface area contributed by atoms with Gasteiger partial charge >= 0.3 is 0 Å². The van der Waals surface area contributed by atoms with E-state index < -0.39 is 0 Å². The normalized spacial score (nSPS) is 10.1. The highest BCUT2D eigenvalue weighted by molar-refractivity contribution is 7.07. The molecule has 1 heterocycles. The molecule has 0 saturated heterocycles. The van der Waals surface area contributed by atoms with E-state index in [1.807, 2.05) is 11.4 Å². The van der Waals surface area contributed by atoms with E-state index in [1.54, 1.807) is 43.8 Å². The molecular weight excluding hydrogens is 274 g/mol. The molecule has 0 aliphatic rings. The number of hydrogen-bond donors (Lipinski definition) is 1. The average Bonchev–Trinajstić information content (AvgIpc) is 2.98. The molecular formula is C15H17NO3S. The number of aryl methyl sites for hydroxylation is 1.